The van der Waals surface area contributed by atoms with Crippen molar-refractivity contribution in [3.05, 3.63) is 58.3 Å². The van der Waals surface area contributed by atoms with Crippen LogP contribution in [0, 0.1) is 0 Å². The molecule has 32 heavy (non-hydrogen) atoms. The number of aromatic nitrogens is 3. The van der Waals surface area contributed by atoms with Crippen molar-refractivity contribution in [3.63, 3.8) is 0 Å². The number of H-pyrrole nitrogens is 1. The maximum Gasteiger partial charge on any atom is 0.354 e. The molecule has 11 heteroatoms. The van der Waals surface area contributed by atoms with Crippen LogP contribution in [-0.4, -0.2) is 45.1 Å². The molecule has 0 radical (unpaired) electrons. The van der Waals surface area contributed by atoms with Gasteiger partial charge in [-0.15, -0.1) is 12.6 Å². The van der Waals surface area contributed by atoms with Gasteiger partial charge in [-0.05, 0) is 43.1 Å². The zero-order valence-electron chi connectivity index (χ0n) is 17.6. The van der Waals surface area contributed by atoms with Crippen molar-refractivity contribution in [1.29, 1.82) is 0 Å². The van der Waals surface area contributed by atoms with Crippen LogP contribution >= 0.6 is 12.6 Å². The second-order valence-corrected chi connectivity index (χ2v) is 8.35. The molecule has 1 saturated heterocycles. The molecule has 0 aliphatic carbocycles. The Bertz CT molecular complexity index is 1140. The van der Waals surface area contributed by atoms with E-state index in [-0.39, 0.29) is 29.2 Å². The lowest BCUT2D eigenvalue weighted by molar-refractivity contribution is 0.0893. The van der Waals surface area contributed by atoms with E-state index in [0.717, 1.165) is 35.3 Å². The minimum Gasteiger partial charge on any atom is -0.370 e. The molecule has 3 atom stereocenters. The van der Waals surface area contributed by atoms with Gasteiger partial charge in [0, 0.05) is 36.4 Å². The number of nitrogens with one attached hydrogen (secondary N) is 2. The van der Waals surface area contributed by atoms with Gasteiger partial charge in [-0.2, -0.15) is 4.98 Å². The number of guanidine groups is 1. The summed E-state index contributed by atoms with van der Waals surface area (Å²) in [5, 5.41) is 4.17. The Labute approximate surface area is 190 Å². The number of thiol groups is 1. The predicted octanol–water partition coefficient (Wildman–Crippen LogP) is 0.512. The van der Waals surface area contributed by atoms with E-state index in [1.54, 1.807) is 6.20 Å². The molecule has 1 fully saturated rings. The average molecular weight is 457 g/mol. The summed E-state index contributed by atoms with van der Waals surface area (Å²) in [6.45, 7) is 2.12. The molecule has 3 heterocycles. The Hall–Kier alpha value is -2.86. The van der Waals surface area contributed by atoms with Gasteiger partial charge in [-0.1, -0.05) is 12.1 Å². The molecule has 1 aromatic carbocycles. The number of rotatable bonds is 8. The number of ether oxygens (including phenoxy) is 1. The maximum absolute atomic E-state index is 12.6. The third-order valence-corrected chi connectivity index (χ3v) is 5.89. The van der Waals surface area contributed by atoms with Crippen molar-refractivity contribution in [2.45, 2.75) is 37.0 Å². The van der Waals surface area contributed by atoms with Crippen LogP contribution in [0.3, 0.4) is 0 Å². The van der Waals surface area contributed by atoms with E-state index in [9.17, 15) is 4.79 Å². The van der Waals surface area contributed by atoms with Gasteiger partial charge in [-0.25, -0.2) is 4.79 Å². The smallest absolute Gasteiger partial charge is 0.354 e. The molecule has 0 amide bonds. The molecule has 1 unspecified atom stereocenters. The van der Waals surface area contributed by atoms with Crippen LogP contribution in [0.25, 0.3) is 16.7 Å². The normalized spacial score (nSPS) is 20.6. The summed E-state index contributed by atoms with van der Waals surface area (Å²) in [6, 6.07) is 9.60. The number of nitrogens with two attached hydrogens (primary N) is 3. The van der Waals surface area contributed by atoms with Gasteiger partial charge in [0.2, 0.25) is 0 Å². The molecule has 0 spiro atoms. The Morgan fingerprint density at radius 3 is 2.81 bits per heavy atom. The largest absolute Gasteiger partial charge is 0.370 e. The molecule has 0 bridgehead atoms. The zero-order valence-corrected chi connectivity index (χ0v) is 18.5. The topological polar surface area (TPSA) is 162 Å². The summed E-state index contributed by atoms with van der Waals surface area (Å²) in [4.78, 5) is 23.9. The van der Waals surface area contributed by atoms with Crippen molar-refractivity contribution in [2.24, 2.45) is 22.2 Å². The molecule has 8 N–H and O–H groups in total. The number of aliphatic imine (C=N–C) groups is 1. The minimum atomic E-state index is -0.354. The highest BCUT2D eigenvalue weighted by atomic mass is 32.1. The second-order valence-electron chi connectivity index (χ2n) is 7.84. The summed E-state index contributed by atoms with van der Waals surface area (Å²) in [6.07, 6.45) is 3.11. The van der Waals surface area contributed by atoms with Crippen LogP contribution in [0.15, 0.2) is 46.3 Å². The van der Waals surface area contributed by atoms with Crippen LogP contribution in [-0.2, 0) is 11.3 Å². The van der Waals surface area contributed by atoms with E-state index in [1.807, 2.05) is 30.3 Å². The van der Waals surface area contributed by atoms with Crippen molar-refractivity contribution in [3.8, 4) is 5.69 Å². The van der Waals surface area contributed by atoms with E-state index < -0.39 is 0 Å². The third kappa shape index (κ3) is 5.13. The van der Waals surface area contributed by atoms with Crippen molar-refractivity contribution in [2.75, 3.05) is 13.1 Å². The highest BCUT2D eigenvalue weighted by molar-refractivity contribution is 7.80. The van der Waals surface area contributed by atoms with Gasteiger partial charge in [0.05, 0.1) is 5.69 Å². The van der Waals surface area contributed by atoms with Crippen molar-refractivity contribution in [1.82, 2.24) is 19.9 Å². The highest BCUT2D eigenvalue weighted by Crippen LogP contribution is 2.34. The summed E-state index contributed by atoms with van der Waals surface area (Å²) >= 11 is 4.34. The fourth-order valence-electron chi connectivity index (χ4n) is 3.68. The van der Waals surface area contributed by atoms with Gasteiger partial charge >= 0.3 is 5.69 Å². The SMILES string of the molecule is NC(N)=NCCCNCc1ccc(-n2cc3cc(C4C[C@@H](N)[C@@H](S)O4)[nH]c3nc2=O)cc1. The number of aromatic amines is 1. The molecule has 4 rings (SSSR count). The molecule has 1 aliphatic heterocycles. The molecular formula is C21H28N8O2S. The van der Waals surface area contributed by atoms with Gasteiger partial charge in [-0.3, -0.25) is 9.56 Å². The summed E-state index contributed by atoms with van der Waals surface area (Å²) in [7, 11) is 0. The number of fused-ring (bicyclic) bond motifs is 1. The van der Waals surface area contributed by atoms with E-state index in [4.69, 9.17) is 21.9 Å². The van der Waals surface area contributed by atoms with Gasteiger partial charge in [0.15, 0.2) is 5.96 Å². The fraction of sp³-hybridized carbons (Fsp3) is 0.381. The highest BCUT2D eigenvalue weighted by Gasteiger charge is 2.32. The first-order chi connectivity index (χ1) is 15.4. The van der Waals surface area contributed by atoms with Crippen molar-refractivity contribution >= 4 is 29.6 Å². The van der Waals surface area contributed by atoms with Crippen LogP contribution in [0.4, 0.5) is 0 Å². The Balaban J connectivity index is 1.43. The Morgan fingerprint density at radius 2 is 2.12 bits per heavy atom. The first-order valence-corrected chi connectivity index (χ1v) is 11.0. The Kier molecular flexibility index (Phi) is 6.80. The fourth-order valence-corrected chi connectivity index (χ4v) is 3.95. The first kappa shape index (κ1) is 22.3. The Morgan fingerprint density at radius 1 is 1.34 bits per heavy atom. The molecule has 3 aromatic rings. The quantitative estimate of drug-likeness (QED) is 0.124. The lowest BCUT2D eigenvalue weighted by Gasteiger charge is -2.08. The van der Waals surface area contributed by atoms with Gasteiger partial charge in [0.25, 0.3) is 0 Å². The standard InChI is InChI=1S/C21H28N8O2S/c22-15-9-17(31-19(15)32)16-8-13-11-29(21(30)28-18(13)27-16)14-4-2-12(3-5-14)10-25-6-1-7-26-20(23)24/h2-5,8,11,15,17,19,25,32H,1,6-7,9-10,22H2,(H4,23,24,26)(H,27,28,30)/t15-,17?,19-/m1/s1. The second kappa shape index (κ2) is 9.74. The first-order valence-electron chi connectivity index (χ1n) is 10.5. The molecule has 0 saturated carbocycles. The molecule has 1 aliphatic rings. The third-order valence-electron chi connectivity index (χ3n) is 5.38. The van der Waals surface area contributed by atoms with Crippen LogP contribution in [0.1, 0.15) is 30.2 Å². The predicted molar refractivity (Wildman–Crippen MR) is 128 cm³/mol. The number of hydrogen-bond acceptors (Lipinski definition) is 7. The number of benzene rings is 1. The zero-order chi connectivity index (χ0) is 22.7. The lowest BCUT2D eigenvalue weighted by atomic mass is 10.1. The lowest BCUT2D eigenvalue weighted by Crippen LogP contribution is -2.25. The van der Waals surface area contributed by atoms with Gasteiger partial charge < -0.3 is 32.2 Å². The maximum atomic E-state index is 12.6. The number of hydrogen-bond donors (Lipinski definition) is 6. The molecule has 10 nitrogen and oxygen atoms in total. The molecular weight excluding hydrogens is 428 g/mol. The molecule has 170 valence electrons. The van der Waals surface area contributed by atoms with Crippen molar-refractivity contribution < 1.29 is 4.74 Å². The summed E-state index contributed by atoms with van der Waals surface area (Å²) in [5.74, 6) is 0.113. The number of nitrogens with zero attached hydrogens (tertiary/aromatic N) is 3. The van der Waals surface area contributed by atoms with E-state index >= 15 is 0 Å². The summed E-state index contributed by atoms with van der Waals surface area (Å²) in [5.41, 5.74) is 19.2. The summed E-state index contributed by atoms with van der Waals surface area (Å²) < 4.78 is 7.32. The van der Waals surface area contributed by atoms with Gasteiger partial charge in [0.1, 0.15) is 17.2 Å². The van der Waals surface area contributed by atoms with E-state index in [0.29, 0.717) is 25.2 Å². The van der Waals surface area contributed by atoms with Crippen LogP contribution in [0.5, 0.6) is 0 Å². The molecule has 2 aromatic heterocycles. The monoisotopic (exact) mass is 456 g/mol. The average Bonchev–Trinajstić information content (AvgIpc) is 3.32. The van der Waals surface area contributed by atoms with E-state index in [1.165, 1.54) is 4.57 Å². The van der Waals surface area contributed by atoms with Crippen LogP contribution in [0.2, 0.25) is 0 Å². The van der Waals surface area contributed by atoms with E-state index in [2.05, 4.69) is 32.9 Å². The van der Waals surface area contributed by atoms with Crippen LogP contribution < -0.4 is 28.2 Å². The minimum absolute atomic E-state index is 0.113.